The fourth-order valence-electron chi connectivity index (χ4n) is 2.85. The molecule has 0 aliphatic carbocycles. The van der Waals surface area contributed by atoms with Crippen LogP contribution in [-0.2, 0) is 17.8 Å². The van der Waals surface area contributed by atoms with E-state index in [4.69, 9.17) is 0 Å². The molecule has 0 bridgehead atoms. The van der Waals surface area contributed by atoms with Crippen LogP contribution in [-0.4, -0.2) is 34.1 Å². The molecule has 1 saturated heterocycles. The molecule has 0 saturated carbocycles. The van der Waals surface area contributed by atoms with Gasteiger partial charge in [-0.15, -0.1) is 10.2 Å². The second kappa shape index (κ2) is 7.66. The minimum Gasteiger partial charge on any atom is -0.300 e. The highest BCUT2D eigenvalue weighted by atomic mass is 32.1. The Labute approximate surface area is 140 Å². The number of nitrogens with zero attached hydrogens (tertiary/aromatic N) is 3. The van der Waals surface area contributed by atoms with Crippen molar-refractivity contribution >= 4 is 22.4 Å². The van der Waals surface area contributed by atoms with Crippen LogP contribution in [0.3, 0.4) is 0 Å². The number of anilines is 1. The molecule has 1 aliphatic heterocycles. The Kier molecular flexibility index (Phi) is 5.35. The van der Waals surface area contributed by atoms with E-state index in [0.717, 1.165) is 43.9 Å². The Hall–Kier alpha value is -1.79. The maximum Gasteiger partial charge on any atom is 0.229 e. The average molecular weight is 330 g/mol. The summed E-state index contributed by atoms with van der Waals surface area (Å²) in [5.74, 6) is 0.166. The summed E-state index contributed by atoms with van der Waals surface area (Å²) in [6, 6.07) is 10.5. The van der Waals surface area contributed by atoms with Gasteiger partial charge in [-0.2, -0.15) is 0 Å². The lowest BCUT2D eigenvalue weighted by Crippen LogP contribution is -2.37. The number of likely N-dealkylation sites (tertiary alicyclic amines) is 1. The Morgan fingerprint density at radius 1 is 1.26 bits per heavy atom. The summed E-state index contributed by atoms with van der Waals surface area (Å²) < 4.78 is 0. The zero-order chi connectivity index (χ0) is 16.1. The molecule has 122 valence electrons. The zero-order valence-electron chi connectivity index (χ0n) is 13.4. The first-order chi connectivity index (χ1) is 11.2. The van der Waals surface area contributed by atoms with Crippen LogP contribution in [0.25, 0.3) is 0 Å². The van der Waals surface area contributed by atoms with Gasteiger partial charge in [0.25, 0.3) is 0 Å². The van der Waals surface area contributed by atoms with Crippen LogP contribution >= 0.6 is 11.3 Å². The van der Waals surface area contributed by atoms with E-state index in [2.05, 4.69) is 44.7 Å². The van der Waals surface area contributed by atoms with E-state index < -0.39 is 0 Å². The summed E-state index contributed by atoms with van der Waals surface area (Å²) in [5, 5.41) is 12.6. The molecule has 0 radical (unpaired) electrons. The fraction of sp³-hybridized carbons (Fsp3) is 0.471. The molecule has 6 heteroatoms. The van der Waals surface area contributed by atoms with Crippen LogP contribution in [0.4, 0.5) is 5.13 Å². The van der Waals surface area contributed by atoms with E-state index in [-0.39, 0.29) is 11.8 Å². The number of piperidine rings is 1. The van der Waals surface area contributed by atoms with Crippen molar-refractivity contribution in [3.05, 3.63) is 40.9 Å². The SMILES string of the molecule is CCc1nnc(NC(=O)C2CCN(Cc3ccccc3)CC2)s1. The molecule has 1 fully saturated rings. The second-order valence-corrected chi connectivity index (χ2v) is 6.94. The molecule has 2 aromatic rings. The third-order valence-corrected chi connectivity index (χ3v) is 5.19. The molecule has 1 N–H and O–H groups in total. The lowest BCUT2D eigenvalue weighted by atomic mass is 9.95. The number of aromatic nitrogens is 2. The minimum absolute atomic E-state index is 0.0796. The van der Waals surface area contributed by atoms with Gasteiger partial charge in [0.05, 0.1) is 0 Å². The number of carbonyl (C=O) groups is 1. The zero-order valence-corrected chi connectivity index (χ0v) is 14.2. The van der Waals surface area contributed by atoms with E-state index in [1.54, 1.807) is 0 Å². The van der Waals surface area contributed by atoms with Gasteiger partial charge in [0.15, 0.2) is 0 Å². The molecule has 2 heterocycles. The van der Waals surface area contributed by atoms with Gasteiger partial charge < -0.3 is 5.32 Å². The van der Waals surface area contributed by atoms with Crippen LogP contribution in [0.1, 0.15) is 30.3 Å². The molecule has 0 spiro atoms. The summed E-state index contributed by atoms with van der Waals surface area (Å²) in [4.78, 5) is 14.8. The molecule has 23 heavy (non-hydrogen) atoms. The number of nitrogens with one attached hydrogen (secondary N) is 1. The molecule has 3 rings (SSSR count). The van der Waals surface area contributed by atoms with Crippen LogP contribution < -0.4 is 5.32 Å². The highest BCUT2D eigenvalue weighted by Gasteiger charge is 2.25. The van der Waals surface area contributed by atoms with Crippen molar-refractivity contribution in [2.24, 2.45) is 5.92 Å². The van der Waals surface area contributed by atoms with Crippen LogP contribution in [0, 0.1) is 5.92 Å². The topological polar surface area (TPSA) is 58.1 Å². The van der Waals surface area contributed by atoms with E-state index in [1.807, 2.05) is 13.0 Å². The predicted molar refractivity (Wildman–Crippen MR) is 92.4 cm³/mol. The fourth-order valence-corrected chi connectivity index (χ4v) is 3.53. The summed E-state index contributed by atoms with van der Waals surface area (Å²) in [7, 11) is 0. The van der Waals surface area contributed by atoms with E-state index in [0.29, 0.717) is 5.13 Å². The summed E-state index contributed by atoms with van der Waals surface area (Å²) in [6.45, 7) is 4.92. The quantitative estimate of drug-likeness (QED) is 0.916. The standard InChI is InChI=1S/C17H22N4OS/c1-2-15-19-20-17(23-15)18-16(22)14-8-10-21(11-9-14)12-13-6-4-3-5-7-13/h3-7,14H,2,8-12H2,1H3,(H,18,20,22). The van der Waals surface area contributed by atoms with Crippen molar-refractivity contribution in [1.82, 2.24) is 15.1 Å². The normalized spacial score (nSPS) is 16.4. The average Bonchev–Trinajstić information content (AvgIpc) is 3.04. The number of hydrogen-bond donors (Lipinski definition) is 1. The molecular weight excluding hydrogens is 308 g/mol. The van der Waals surface area contributed by atoms with Crippen LogP contribution in [0.5, 0.6) is 0 Å². The number of carbonyl (C=O) groups excluding carboxylic acids is 1. The molecule has 1 amide bonds. The Morgan fingerprint density at radius 3 is 2.65 bits per heavy atom. The third kappa shape index (κ3) is 4.36. The lowest BCUT2D eigenvalue weighted by molar-refractivity contribution is -0.121. The number of rotatable bonds is 5. The highest BCUT2D eigenvalue weighted by molar-refractivity contribution is 7.15. The maximum absolute atomic E-state index is 12.3. The largest absolute Gasteiger partial charge is 0.300 e. The van der Waals surface area contributed by atoms with Crippen molar-refractivity contribution in [2.45, 2.75) is 32.7 Å². The van der Waals surface area contributed by atoms with Gasteiger partial charge in [-0.05, 0) is 37.9 Å². The monoisotopic (exact) mass is 330 g/mol. The Morgan fingerprint density at radius 2 is 2.00 bits per heavy atom. The van der Waals surface area contributed by atoms with Crippen molar-refractivity contribution in [2.75, 3.05) is 18.4 Å². The molecule has 1 aliphatic rings. The molecule has 1 aromatic heterocycles. The number of hydrogen-bond acceptors (Lipinski definition) is 5. The van der Waals surface area contributed by atoms with Crippen LogP contribution in [0.15, 0.2) is 30.3 Å². The Bertz CT molecular complexity index is 635. The van der Waals surface area contributed by atoms with Crippen LogP contribution in [0.2, 0.25) is 0 Å². The van der Waals surface area contributed by atoms with E-state index >= 15 is 0 Å². The number of benzene rings is 1. The highest BCUT2D eigenvalue weighted by Crippen LogP contribution is 2.22. The van der Waals surface area contributed by atoms with Gasteiger partial charge in [-0.25, -0.2) is 0 Å². The number of amides is 1. The first kappa shape index (κ1) is 16.1. The van der Waals surface area contributed by atoms with Gasteiger partial charge in [0.2, 0.25) is 11.0 Å². The van der Waals surface area contributed by atoms with Crippen molar-refractivity contribution in [3.8, 4) is 0 Å². The van der Waals surface area contributed by atoms with Gasteiger partial charge >= 0.3 is 0 Å². The van der Waals surface area contributed by atoms with Gasteiger partial charge in [0, 0.05) is 12.5 Å². The second-order valence-electron chi connectivity index (χ2n) is 5.88. The summed E-state index contributed by atoms with van der Waals surface area (Å²) >= 11 is 1.46. The van der Waals surface area contributed by atoms with Crippen molar-refractivity contribution < 1.29 is 4.79 Å². The van der Waals surface area contributed by atoms with Gasteiger partial charge in [-0.3, -0.25) is 9.69 Å². The Balaban J connectivity index is 1.47. The smallest absolute Gasteiger partial charge is 0.229 e. The summed E-state index contributed by atoms with van der Waals surface area (Å²) in [5.41, 5.74) is 1.33. The molecule has 5 nitrogen and oxygen atoms in total. The first-order valence-corrected chi connectivity index (χ1v) is 8.95. The predicted octanol–water partition coefficient (Wildman–Crippen LogP) is 2.95. The van der Waals surface area contributed by atoms with Gasteiger partial charge in [0.1, 0.15) is 5.01 Å². The maximum atomic E-state index is 12.3. The number of aryl methyl sites for hydroxylation is 1. The molecule has 0 unspecified atom stereocenters. The van der Waals surface area contributed by atoms with E-state index in [1.165, 1.54) is 16.9 Å². The van der Waals surface area contributed by atoms with E-state index in [9.17, 15) is 4.79 Å². The van der Waals surface area contributed by atoms with Gasteiger partial charge in [-0.1, -0.05) is 48.6 Å². The minimum atomic E-state index is 0.0796. The lowest BCUT2D eigenvalue weighted by Gasteiger charge is -2.31. The molecule has 0 atom stereocenters. The third-order valence-electron chi connectivity index (χ3n) is 4.21. The van der Waals surface area contributed by atoms with Crippen molar-refractivity contribution in [1.29, 1.82) is 0 Å². The summed E-state index contributed by atoms with van der Waals surface area (Å²) in [6.07, 6.45) is 2.65. The molecule has 1 aromatic carbocycles. The first-order valence-electron chi connectivity index (χ1n) is 8.14. The van der Waals surface area contributed by atoms with Crippen molar-refractivity contribution in [3.63, 3.8) is 0 Å². The molecular formula is C17H22N4OS.